The second kappa shape index (κ2) is 4.60. The van der Waals surface area contributed by atoms with E-state index in [9.17, 15) is 9.59 Å². The van der Waals surface area contributed by atoms with Gasteiger partial charge in [0, 0.05) is 19.3 Å². The molecule has 2 aromatic rings. The maximum Gasteiger partial charge on any atom is 0.272 e. The molecule has 0 atom stereocenters. The fraction of sp³-hybridized carbons (Fsp3) is 0.200. The van der Waals surface area contributed by atoms with Gasteiger partial charge in [0.25, 0.3) is 11.5 Å². The predicted molar refractivity (Wildman–Crippen MR) is 59.2 cm³/mol. The molecule has 1 amide bonds. The molecular formula is C10H11N5O2. The van der Waals surface area contributed by atoms with Gasteiger partial charge in [-0.15, -0.1) is 0 Å². The highest BCUT2D eigenvalue weighted by atomic mass is 16.2. The highest BCUT2D eigenvalue weighted by Crippen LogP contribution is 1.93. The number of nitrogens with one attached hydrogen (secondary N) is 2. The minimum atomic E-state index is -0.338. The van der Waals surface area contributed by atoms with E-state index in [1.807, 2.05) is 0 Å². The minimum Gasteiger partial charge on any atom is -0.347 e. The van der Waals surface area contributed by atoms with E-state index in [1.54, 1.807) is 6.20 Å². The van der Waals surface area contributed by atoms with E-state index in [-0.39, 0.29) is 17.2 Å². The summed E-state index contributed by atoms with van der Waals surface area (Å²) in [6.07, 6.45) is 3.15. The van der Waals surface area contributed by atoms with E-state index in [0.717, 1.165) is 10.4 Å². The Morgan fingerprint density at radius 1 is 1.53 bits per heavy atom. The van der Waals surface area contributed by atoms with Crippen LogP contribution in [0.5, 0.6) is 0 Å². The highest BCUT2D eigenvalue weighted by Gasteiger charge is 2.08. The summed E-state index contributed by atoms with van der Waals surface area (Å²) in [7, 11) is 1.49. The number of aryl methyl sites for hydroxylation is 1. The molecule has 0 aliphatic carbocycles. The Morgan fingerprint density at radius 2 is 2.35 bits per heavy atom. The molecule has 88 valence electrons. The maximum absolute atomic E-state index is 11.7. The Balaban J connectivity index is 2.04. The Labute approximate surface area is 96.5 Å². The summed E-state index contributed by atoms with van der Waals surface area (Å²) in [5.41, 5.74) is 0.741. The van der Waals surface area contributed by atoms with E-state index < -0.39 is 0 Å². The lowest BCUT2D eigenvalue weighted by atomic mass is 10.3. The molecule has 2 rings (SSSR count). The summed E-state index contributed by atoms with van der Waals surface area (Å²) >= 11 is 0. The van der Waals surface area contributed by atoms with E-state index in [4.69, 9.17) is 0 Å². The van der Waals surface area contributed by atoms with Crippen molar-refractivity contribution >= 4 is 5.91 Å². The molecule has 17 heavy (non-hydrogen) atoms. The number of amides is 1. The molecule has 0 unspecified atom stereocenters. The first-order valence-corrected chi connectivity index (χ1v) is 4.96. The molecule has 0 saturated carbocycles. The van der Waals surface area contributed by atoms with Gasteiger partial charge in [0.05, 0.1) is 18.6 Å². The van der Waals surface area contributed by atoms with Gasteiger partial charge in [-0.25, -0.2) is 9.67 Å². The second-order valence-electron chi connectivity index (χ2n) is 3.44. The molecule has 0 bridgehead atoms. The Morgan fingerprint density at radius 3 is 3.00 bits per heavy atom. The van der Waals surface area contributed by atoms with E-state index in [2.05, 4.69) is 20.4 Å². The number of H-pyrrole nitrogens is 1. The molecular weight excluding hydrogens is 222 g/mol. The topological polar surface area (TPSA) is 92.7 Å². The SMILES string of the molecule is Cn1nc(C(=O)NCc2cnc[nH]2)ccc1=O. The number of nitrogens with zero attached hydrogens (tertiary/aromatic N) is 3. The van der Waals surface area contributed by atoms with Crippen molar-refractivity contribution in [2.45, 2.75) is 6.54 Å². The molecule has 2 heterocycles. The fourth-order valence-corrected chi connectivity index (χ4v) is 1.27. The van der Waals surface area contributed by atoms with Gasteiger partial charge in [0.2, 0.25) is 0 Å². The van der Waals surface area contributed by atoms with Crippen LogP contribution >= 0.6 is 0 Å². The quantitative estimate of drug-likeness (QED) is 0.742. The molecule has 0 saturated heterocycles. The van der Waals surface area contributed by atoms with Crippen LogP contribution < -0.4 is 10.9 Å². The molecule has 2 aromatic heterocycles. The zero-order valence-electron chi connectivity index (χ0n) is 9.17. The number of imidazole rings is 1. The second-order valence-corrected chi connectivity index (χ2v) is 3.44. The third-order valence-corrected chi connectivity index (χ3v) is 2.19. The highest BCUT2D eigenvalue weighted by molar-refractivity contribution is 5.91. The molecule has 0 radical (unpaired) electrons. The Hall–Kier alpha value is -2.44. The summed E-state index contributed by atoms with van der Waals surface area (Å²) < 4.78 is 1.12. The number of hydrogen-bond donors (Lipinski definition) is 2. The van der Waals surface area contributed by atoms with Gasteiger partial charge in [-0.3, -0.25) is 9.59 Å². The molecule has 0 aromatic carbocycles. The summed E-state index contributed by atoms with van der Waals surface area (Å²) in [6.45, 7) is 0.337. The van der Waals surface area contributed by atoms with Crippen LogP contribution in [-0.2, 0) is 13.6 Å². The zero-order chi connectivity index (χ0) is 12.3. The molecule has 0 aliphatic heterocycles. The van der Waals surface area contributed by atoms with Crippen LogP contribution in [0.25, 0.3) is 0 Å². The van der Waals surface area contributed by atoms with Crippen LogP contribution in [0.3, 0.4) is 0 Å². The normalized spacial score (nSPS) is 10.2. The number of rotatable bonds is 3. The maximum atomic E-state index is 11.7. The third kappa shape index (κ3) is 2.57. The smallest absolute Gasteiger partial charge is 0.272 e. The van der Waals surface area contributed by atoms with Crippen molar-refractivity contribution in [2.24, 2.45) is 7.05 Å². The number of aromatic amines is 1. The Bertz CT molecular complexity index is 573. The van der Waals surface area contributed by atoms with Gasteiger partial charge in [-0.05, 0) is 6.07 Å². The van der Waals surface area contributed by atoms with E-state index in [1.165, 1.54) is 25.5 Å². The van der Waals surface area contributed by atoms with Crippen LogP contribution in [0.1, 0.15) is 16.2 Å². The molecule has 7 nitrogen and oxygen atoms in total. The van der Waals surface area contributed by atoms with Crippen molar-refractivity contribution in [3.8, 4) is 0 Å². The molecule has 2 N–H and O–H groups in total. The molecule has 7 heteroatoms. The lowest BCUT2D eigenvalue weighted by Crippen LogP contribution is -2.28. The first-order chi connectivity index (χ1) is 8.16. The van der Waals surface area contributed by atoms with Crippen molar-refractivity contribution in [1.29, 1.82) is 0 Å². The monoisotopic (exact) mass is 233 g/mol. The first-order valence-electron chi connectivity index (χ1n) is 4.96. The Kier molecular flexibility index (Phi) is 2.99. The zero-order valence-corrected chi connectivity index (χ0v) is 9.17. The van der Waals surface area contributed by atoms with Crippen molar-refractivity contribution < 1.29 is 4.79 Å². The molecule has 0 aliphatic rings. The van der Waals surface area contributed by atoms with Gasteiger partial charge >= 0.3 is 0 Å². The summed E-state index contributed by atoms with van der Waals surface area (Å²) in [5, 5.41) is 6.50. The van der Waals surface area contributed by atoms with E-state index >= 15 is 0 Å². The summed E-state index contributed by atoms with van der Waals surface area (Å²) in [4.78, 5) is 29.5. The fourth-order valence-electron chi connectivity index (χ4n) is 1.27. The average Bonchev–Trinajstić information content (AvgIpc) is 2.82. The molecule has 0 fully saturated rings. The average molecular weight is 233 g/mol. The predicted octanol–water partition coefficient (Wildman–Crippen LogP) is -0.567. The number of hydrogen-bond acceptors (Lipinski definition) is 4. The van der Waals surface area contributed by atoms with Gasteiger partial charge < -0.3 is 10.3 Å². The lowest BCUT2D eigenvalue weighted by molar-refractivity contribution is 0.0943. The van der Waals surface area contributed by atoms with Crippen LogP contribution in [0.4, 0.5) is 0 Å². The van der Waals surface area contributed by atoms with E-state index in [0.29, 0.717) is 6.54 Å². The van der Waals surface area contributed by atoms with Gasteiger partial charge in [0.1, 0.15) is 5.69 Å². The van der Waals surface area contributed by atoms with Crippen LogP contribution in [0.15, 0.2) is 29.5 Å². The van der Waals surface area contributed by atoms with Gasteiger partial charge in [-0.2, -0.15) is 5.10 Å². The van der Waals surface area contributed by atoms with Crippen molar-refractivity contribution in [3.63, 3.8) is 0 Å². The first kappa shape index (κ1) is 11.1. The minimum absolute atomic E-state index is 0.201. The van der Waals surface area contributed by atoms with Crippen LogP contribution in [0, 0.1) is 0 Å². The molecule has 0 spiro atoms. The number of aromatic nitrogens is 4. The van der Waals surface area contributed by atoms with Gasteiger partial charge in [-0.1, -0.05) is 0 Å². The standard InChI is InChI=1S/C10H11N5O2/c1-15-9(16)3-2-8(14-15)10(17)12-5-7-4-11-6-13-7/h2-4,6H,5H2,1H3,(H,11,13)(H,12,17). The lowest BCUT2D eigenvalue weighted by Gasteiger charge is -2.03. The summed E-state index contributed by atoms with van der Waals surface area (Å²) in [6, 6.07) is 2.70. The van der Waals surface area contributed by atoms with Crippen LogP contribution in [-0.4, -0.2) is 25.7 Å². The third-order valence-electron chi connectivity index (χ3n) is 2.19. The van der Waals surface area contributed by atoms with Crippen molar-refractivity contribution in [2.75, 3.05) is 0 Å². The van der Waals surface area contributed by atoms with Crippen molar-refractivity contribution in [3.05, 3.63) is 46.4 Å². The largest absolute Gasteiger partial charge is 0.347 e. The number of carbonyl (C=O) groups is 1. The number of carbonyl (C=O) groups excluding carboxylic acids is 1. The van der Waals surface area contributed by atoms with Crippen LogP contribution in [0.2, 0.25) is 0 Å². The summed E-state index contributed by atoms with van der Waals surface area (Å²) in [5.74, 6) is -0.338. The van der Waals surface area contributed by atoms with Crippen molar-refractivity contribution in [1.82, 2.24) is 25.1 Å². The van der Waals surface area contributed by atoms with Gasteiger partial charge in [0.15, 0.2) is 0 Å².